The largest absolute Gasteiger partial charge is 0.459 e. The Bertz CT molecular complexity index is 268. The molecular formula is C17H30O2. The lowest BCUT2D eigenvalue weighted by molar-refractivity contribution is -0.176. The molecule has 0 aliphatic heterocycles. The first-order chi connectivity index (χ1) is 9.16. The van der Waals surface area contributed by atoms with Crippen LogP contribution in [0.4, 0.5) is 0 Å². The summed E-state index contributed by atoms with van der Waals surface area (Å²) < 4.78 is 6.03. The first-order valence-corrected chi connectivity index (χ1v) is 8.38. The summed E-state index contributed by atoms with van der Waals surface area (Å²) in [6, 6.07) is 0. The third-order valence-corrected chi connectivity index (χ3v) is 5.45. The van der Waals surface area contributed by atoms with Gasteiger partial charge in [0.1, 0.15) is 5.60 Å². The van der Waals surface area contributed by atoms with Gasteiger partial charge in [-0.15, -0.1) is 0 Å². The van der Waals surface area contributed by atoms with Crippen molar-refractivity contribution in [3.63, 3.8) is 0 Å². The highest BCUT2D eigenvalue weighted by Gasteiger charge is 2.44. The maximum Gasteiger partial charge on any atom is 0.306 e. The standard InChI is InChI=1S/C17H30O2/c1-3-16(18)19-17(2,14-10-6-4-7-11-14)15-12-8-5-9-13-15/h14-15H,3-13H2,1-2H3. The second-order valence-corrected chi connectivity index (χ2v) is 6.68. The van der Waals surface area contributed by atoms with Crippen LogP contribution in [-0.4, -0.2) is 11.6 Å². The summed E-state index contributed by atoms with van der Waals surface area (Å²) in [5.74, 6) is 1.19. The molecule has 110 valence electrons. The predicted molar refractivity (Wildman–Crippen MR) is 77.9 cm³/mol. The molecule has 0 bridgehead atoms. The van der Waals surface area contributed by atoms with Crippen molar-refractivity contribution in [3.05, 3.63) is 0 Å². The lowest BCUT2D eigenvalue weighted by Gasteiger charge is -2.46. The summed E-state index contributed by atoms with van der Waals surface area (Å²) in [6.07, 6.45) is 13.5. The van der Waals surface area contributed by atoms with E-state index in [2.05, 4.69) is 6.92 Å². The number of carbonyl (C=O) groups is 1. The first kappa shape index (κ1) is 14.9. The maximum absolute atomic E-state index is 11.9. The molecular weight excluding hydrogens is 236 g/mol. The van der Waals surface area contributed by atoms with Crippen molar-refractivity contribution in [1.29, 1.82) is 0 Å². The van der Waals surface area contributed by atoms with Gasteiger partial charge in [-0.05, 0) is 44.4 Å². The van der Waals surface area contributed by atoms with Crippen molar-refractivity contribution in [2.24, 2.45) is 11.8 Å². The van der Waals surface area contributed by atoms with Crippen molar-refractivity contribution in [1.82, 2.24) is 0 Å². The molecule has 0 aromatic rings. The van der Waals surface area contributed by atoms with E-state index in [1.807, 2.05) is 6.92 Å². The quantitative estimate of drug-likeness (QED) is 0.679. The van der Waals surface area contributed by atoms with E-state index >= 15 is 0 Å². The topological polar surface area (TPSA) is 26.3 Å². The van der Waals surface area contributed by atoms with Crippen LogP contribution >= 0.6 is 0 Å². The van der Waals surface area contributed by atoms with Crippen LogP contribution in [0.25, 0.3) is 0 Å². The van der Waals surface area contributed by atoms with Crippen LogP contribution in [0.3, 0.4) is 0 Å². The molecule has 2 fully saturated rings. The van der Waals surface area contributed by atoms with Crippen LogP contribution in [0.2, 0.25) is 0 Å². The van der Waals surface area contributed by atoms with Gasteiger partial charge >= 0.3 is 5.97 Å². The fraction of sp³-hybridized carbons (Fsp3) is 0.941. The van der Waals surface area contributed by atoms with Gasteiger partial charge in [0.05, 0.1) is 0 Å². The molecule has 2 aliphatic carbocycles. The van der Waals surface area contributed by atoms with Gasteiger partial charge in [0.25, 0.3) is 0 Å². The number of esters is 1. The van der Waals surface area contributed by atoms with Crippen LogP contribution in [-0.2, 0) is 9.53 Å². The fourth-order valence-electron chi connectivity index (χ4n) is 4.17. The highest BCUT2D eigenvalue weighted by Crippen LogP contribution is 2.45. The normalized spacial score (nSPS) is 23.3. The molecule has 0 radical (unpaired) electrons. The molecule has 2 heteroatoms. The van der Waals surface area contributed by atoms with Gasteiger partial charge in [0.15, 0.2) is 0 Å². The number of hydrogen-bond acceptors (Lipinski definition) is 2. The summed E-state index contributed by atoms with van der Waals surface area (Å²) in [7, 11) is 0. The van der Waals surface area contributed by atoms with E-state index in [0.717, 1.165) is 0 Å². The van der Waals surface area contributed by atoms with Crippen LogP contribution in [0.5, 0.6) is 0 Å². The average Bonchev–Trinajstić information content (AvgIpc) is 2.48. The number of hydrogen-bond donors (Lipinski definition) is 0. The van der Waals surface area contributed by atoms with Gasteiger partial charge in [0, 0.05) is 6.42 Å². The Kier molecular flexibility index (Phi) is 5.29. The number of ether oxygens (including phenoxy) is 1. The number of rotatable bonds is 4. The molecule has 0 unspecified atom stereocenters. The van der Waals surface area contributed by atoms with Crippen molar-refractivity contribution in [3.8, 4) is 0 Å². The molecule has 2 rings (SSSR count). The molecule has 2 nitrogen and oxygen atoms in total. The lowest BCUT2D eigenvalue weighted by atomic mass is 9.67. The number of carbonyl (C=O) groups excluding carboxylic acids is 1. The Labute approximate surface area is 118 Å². The summed E-state index contributed by atoms with van der Waals surface area (Å²) in [6.45, 7) is 4.15. The van der Waals surface area contributed by atoms with Crippen LogP contribution in [0, 0.1) is 11.8 Å². The van der Waals surface area contributed by atoms with Gasteiger partial charge < -0.3 is 4.74 Å². The lowest BCUT2D eigenvalue weighted by Crippen LogP contribution is -2.47. The average molecular weight is 266 g/mol. The van der Waals surface area contributed by atoms with Crippen molar-refractivity contribution < 1.29 is 9.53 Å². The van der Waals surface area contributed by atoms with E-state index in [9.17, 15) is 4.79 Å². The minimum absolute atomic E-state index is 0.00125. The van der Waals surface area contributed by atoms with E-state index < -0.39 is 0 Å². The Hall–Kier alpha value is -0.530. The highest BCUT2D eigenvalue weighted by atomic mass is 16.6. The summed E-state index contributed by atoms with van der Waals surface area (Å²) in [5, 5.41) is 0. The molecule has 0 atom stereocenters. The summed E-state index contributed by atoms with van der Waals surface area (Å²) in [4.78, 5) is 11.9. The van der Waals surface area contributed by atoms with E-state index in [-0.39, 0.29) is 11.6 Å². The predicted octanol–water partition coefficient (Wildman–Crippen LogP) is 4.86. The minimum atomic E-state index is -0.187. The van der Waals surface area contributed by atoms with Crippen LogP contribution < -0.4 is 0 Å². The summed E-state index contributed by atoms with van der Waals surface area (Å²) >= 11 is 0. The molecule has 0 heterocycles. The zero-order valence-corrected chi connectivity index (χ0v) is 12.7. The second kappa shape index (κ2) is 6.76. The zero-order valence-electron chi connectivity index (χ0n) is 12.7. The van der Waals surface area contributed by atoms with Gasteiger partial charge in [0.2, 0.25) is 0 Å². The van der Waals surface area contributed by atoms with E-state index in [4.69, 9.17) is 4.74 Å². The Morgan fingerprint density at radius 3 is 1.74 bits per heavy atom. The highest BCUT2D eigenvalue weighted by molar-refractivity contribution is 5.69. The Morgan fingerprint density at radius 2 is 1.37 bits per heavy atom. The Morgan fingerprint density at radius 1 is 0.947 bits per heavy atom. The molecule has 0 amide bonds. The molecule has 0 aromatic heterocycles. The van der Waals surface area contributed by atoms with Crippen LogP contribution in [0.1, 0.15) is 84.5 Å². The van der Waals surface area contributed by atoms with E-state index in [1.54, 1.807) is 0 Å². The van der Waals surface area contributed by atoms with Gasteiger partial charge in [-0.2, -0.15) is 0 Å². The Balaban J connectivity index is 2.12. The molecule has 2 aliphatic rings. The molecule has 0 spiro atoms. The zero-order chi connectivity index (χ0) is 13.7. The third kappa shape index (κ3) is 3.52. The minimum Gasteiger partial charge on any atom is -0.459 e. The third-order valence-electron chi connectivity index (χ3n) is 5.45. The van der Waals surface area contributed by atoms with Crippen molar-refractivity contribution >= 4 is 5.97 Å². The smallest absolute Gasteiger partial charge is 0.306 e. The van der Waals surface area contributed by atoms with E-state index in [0.29, 0.717) is 18.3 Å². The van der Waals surface area contributed by atoms with Gasteiger partial charge in [-0.1, -0.05) is 45.4 Å². The van der Waals surface area contributed by atoms with E-state index in [1.165, 1.54) is 64.2 Å². The second-order valence-electron chi connectivity index (χ2n) is 6.68. The summed E-state index contributed by atoms with van der Waals surface area (Å²) in [5.41, 5.74) is -0.187. The van der Waals surface area contributed by atoms with Crippen molar-refractivity contribution in [2.75, 3.05) is 0 Å². The molecule has 0 N–H and O–H groups in total. The monoisotopic (exact) mass is 266 g/mol. The van der Waals surface area contributed by atoms with Gasteiger partial charge in [-0.25, -0.2) is 0 Å². The molecule has 0 aromatic carbocycles. The molecule has 0 saturated heterocycles. The first-order valence-electron chi connectivity index (χ1n) is 8.38. The maximum atomic E-state index is 11.9. The molecule has 2 saturated carbocycles. The SMILES string of the molecule is CCC(=O)OC(C)(C1CCCCC1)C1CCCCC1. The van der Waals surface area contributed by atoms with Gasteiger partial charge in [-0.3, -0.25) is 4.79 Å². The van der Waals surface area contributed by atoms with Crippen molar-refractivity contribution in [2.45, 2.75) is 90.1 Å². The van der Waals surface area contributed by atoms with Crippen LogP contribution in [0.15, 0.2) is 0 Å². The molecule has 19 heavy (non-hydrogen) atoms. The fourth-order valence-corrected chi connectivity index (χ4v) is 4.17.